The highest BCUT2D eigenvalue weighted by molar-refractivity contribution is 8.01. The number of benzene rings is 1. The maximum Gasteiger partial charge on any atom is 0.243 e. The number of carbonyl (C=O) groups excluding carboxylic acids is 2. The molecule has 9 heteroatoms. The fourth-order valence-electron chi connectivity index (χ4n) is 3.54. The molecular weight excluding hydrogens is 398 g/mol. The zero-order valence-electron chi connectivity index (χ0n) is 16.6. The summed E-state index contributed by atoms with van der Waals surface area (Å²) in [4.78, 5) is 26.5. The minimum atomic E-state index is -3.52. The number of thioether (sulfide) groups is 1. The average molecular weight is 426 g/mol. The van der Waals surface area contributed by atoms with Gasteiger partial charge in [0.15, 0.2) is 0 Å². The Morgan fingerprint density at radius 2 is 2.00 bits per heavy atom. The number of hydrogen-bond acceptors (Lipinski definition) is 5. The van der Waals surface area contributed by atoms with Crippen molar-refractivity contribution in [2.75, 3.05) is 12.8 Å². The van der Waals surface area contributed by atoms with Gasteiger partial charge in [0.2, 0.25) is 21.8 Å². The molecule has 0 aromatic heterocycles. The van der Waals surface area contributed by atoms with Crippen molar-refractivity contribution in [2.24, 2.45) is 0 Å². The fourth-order valence-corrected chi connectivity index (χ4v) is 6.34. The first kappa shape index (κ1) is 21.1. The summed E-state index contributed by atoms with van der Waals surface area (Å²) in [5.74, 6) is 0.478. The number of hydrogen-bond donors (Lipinski definition) is 1. The van der Waals surface area contributed by atoms with Crippen molar-refractivity contribution in [2.45, 2.75) is 62.0 Å². The van der Waals surface area contributed by atoms with Gasteiger partial charge in [-0.05, 0) is 44.9 Å². The van der Waals surface area contributed by atoms with E-state index in [1.165, 1.54) is 4.31 Å². The van der Waals surface area contributed by atoms with Crippen molar-refractivity contribution in [1.82, 2.24) is 14.5 Å². The molecule has 2 aliphatic heterocycles. The molecule has 7 nitrogen and oxygen atoms in total. The van der Waals surface area contributed by atoms with Crippen LogP contribution in [0.15, 0.2) is 29.2 Å². The van der Waals surface area contributed by atoms with Crippen LogP contribution in [0.25, 0.3) is 0 Å². The summed E-state index contributed by atoms with van der Waals surface area (Å²) in [6.07, 6.45) is 1.27. The van der Waals surface area contributed by atoms with Gasteiger partial charge in [-0.3, -0.25) is 9.59 Å². The smallest absolute Gasteiger partial charge is 0.243 e. The molecule has 2 saturated heterocycles. The van der Waals surface area contributed by atoms with E-state index in [0.717, 1.165) is 12.0 Å². The number of nitrogens with one attached hydrogen (secondary N) is 1. The summed E-state index contributed by atoms with van der Waals surface area (Å²) in [5.41, 5.74) is 0.806. The van der Waals surface area contributed by atoms with Crippen molar-refractivity contribution in [3.05, 3.63) is 29.8 Å². The van der Waals surface area contributed by atoms with E-state index in [0.29, 0.717) is 18.7 Å². The van der Waals surface area contributed by atoms with Gasteiger partial charge in [0.05, 0.1) is 9.77 Å². The first-order chi connectivity index (χ1) is 13.1. The summed E-state index contributed by atoms with van der Waals surface area (Å²) < 4.78 is 26.3. The summed E-state index contributed by atoms with van der Waals surface area (Å²) in [7, 11) is -1.97. The van der Waals surface area contributed by atoms with E-state index in [1.54, 1.807) is 48.0 Å². The minimum Gasteiger partial charge on any atom is -0.350 e. The Bertz CT molecular complexity index is 870. The van der Waals surface area contributed by atoms with Crippen molar-refractivity contribution >= 4 is 33.6 Å². The van der Waals surface area contributed by atoms with Crippen LogP contribution in [0, 0.1) is 0 Å². The van der Waals surface area contributed by atoms with E-state index in [-0.39, 0.29) is 27.6 Å². The van der Waals surface area contributed by atoms with Gasteiger partial charge in [0.25, 0.3) is 0 Å². The van der Waals surface area contributed by atoms with Gasteiger partial charge < -0.3 is 10.2 Å². The lowest BCUT2D eigenvalue weighted by atomic mass is 10.2. The van der Waals surface area contributed by atoms with Crippen LogP contribution in [-0.2, 0) is 26.2 Å². The van der Waals surface area contributed by atoms with Crippen LogP contribution in [0.3, 0.4) is 0 Å². The zero-order chi connectivity index (χ0) is 20.7. The topological polar surface area (TPSA) is 86.8 Å². The highest BCUT2D eigenvalue weighted by Crippen LogP contribution is 2.47. The molecule has 0 aliphatic carbocycles. The number of carbonyl (C=O) groups is 2. The van der Waals surface area contributed by atoms with Crippen LogP contribution < -0.4 is 5.32 Å². The summed E-state index contributed by atoms with van der Waals surface area (Å²) in [6, 6.07) is 5.95. The molecule has 2 atom stereocenters. The highest BCUT2D eigenvalue weighted by Gasteiger charge is 2.52. The quantitative estimate of drug-likeness (QED) is 0.751. The first-order valence-electron chi connectivity index (χ1n) is 9.37. The van der Waals surface area contributed by atoms with Gasteiger partial charge in [-0.25, -0.2) is 8.42 Å². The van der Waals surface area contributed by atoms with Crippen molar-refractivity contribution in [3.63, 3.8) is 0 Å². The molecule has 1 aromatic rings. The predicted octanol–water partition coefficient (Wildman–Crippen LogP) is 1.79. The molecule has 2 heterocycles. The monoisotopic (exact) mass is 425 g/mol. The molecule has 2 aliphatic rings. The lowest BCUT2D eigenvalue weighted by molar-refractivity contribution is -0.138. The Labute approximate surface area is 170 Å². The molecule has 154 valence electrons. The van der Waals surface area contributed by atoms with Crippen LogP contribution in [0.2, 0.25) is 0 Å². The largest absolute Gasteiger partial charge is 0.350 e. The molecule has 0 radical (unpaired) electrons. The molecule has 0 saturated carbocycles. The number of sulfonamides is 1. The summed E-state index contributed by atoms with van der Waals surface area (Å²) >= 11 is 1.66. The Hall–Kier alpha value is -1.58. The van der Waals surface area contributed by atoms with Crippen molar-refractivity contribution in [1.29, 1.82) is 0 Å². The lowest BCUT2D eigenvalue weighted by Crippen LogP contribution is -2.49. The molecule has 2 unspecified atom stereocenters. The Morgan fingerprint density at radius 1 is 1.36 bits per heavy atom. The normalized spacial score (nSPS) is 24.9. The number of amides is 2. The number of nitrogens with zero attached hydrogens (tertiary/aromatic N) is 2. The Kier molecular flexibility index (Phi) is 5.80. The van der Waals surface area contributed by atoms with Crippen LogP contribution in [0.4, 0.5) is 0 Å². The van der Waals surface area contributed by atoms with E-state index >= 15 is 0 Å². The van der Waals surface area contributed by atoms with E-state index in [9.17, 15) is 18.0 Å². The molecule has 3 rings (SSSR count). The molecule has 0 bridgehead atoms. The molecule has 2 amide bonds. The van der Waals surface area contributed by atoms with Crippen molar-refractivity contribution < 1.29 is 18.0 Å². The molecule has 1 aromatic carbocycles. The predicted molar refractivity (Wildman–Crippen MR) is 109 cm³/mol. The third-order valence-electron chi connectivity index (χ3n) is 5.54. The highest BCUT2D eigenvalue weighted by atomic mass is 32.2. The minimum absolute atomic E-state index is 0.0384. The molecule has 0 spiro atoms. The van der Waals surface area contributed by atoms with Crippen LogP contribution in [-0.4, -0.2) is 59.2 Å². The van der Waals surface area contributed by atoms with Gasteiger partial charge in [-0.15, -0.1) is 11.8 Å². The Morgan fingerprint density at radius 3 is 2.61 bits per heavy atom. The van der Waals surface area contributed by atoms with Gasteiger partial charge >= 0.3 is 0 Å². The number of fused-ring (bicyclic) bond motifs is 1. The van der Waals surface area contributed by atoms with Gasteiger partial charge in [-0.1, -0.05) is 12.1 Å². The fraction of sp³-hybridized carbons (Fsp3) is 0.579. The zero-order valence-corrected chi connectivity index (χ0v) is 18.3. The lowest BCUT2D eigenvalue weighted by Gasteiger charge is -2.29. The maximum absolute atomic E-state index is 12.6. The second kappa shape index (κ2) is 7.68. The number of rotatable bonds is 6. The Balaban J connectivity index is 1.63. The third-order valence-corrected chi connectivity index (χ3v) is 9.09. The van der Waals surface area contributed by atoms with Gasteiger partial charge in [-0.2, -0.15) is 4.31 Å². The van der Waals surface area contributed by atoms with Crippen LogP contribution in [0.5, 0.6) is 0 Å². The van der Waals surface area contributed by atoms with E-state index in [2.05, 4.69) is 5.32 Å². The molecule has 28 heavy (non-hydrogen) atoms. The van der Waals surface area contributed by atoms with Crippen molar-refractivity contribution in [3.8, 4) is 0 Å². The first-order valence-corrected chi connectivity index (χ1v) is 11.8. The summed E-state index contributed by atoms with van der Waals surface area (Å²) in [5, 5.41) is 2.88. The molecule has 1 N–H and O–H groups in total. The second-order valence-electron chi connectivity index (χ2n) is 7.74. The van der Waals surface area contributed by atoms with Gasteiger partial charge in [0.1, 0.15) is 6.04 Å². The van der Waals surface area contributed by atoms with E-state index in [1.807, 2.05) is 20.8 Å². The van der Waals surface area contributed by atoms with Crippen LogP contribution in [0.1, 0.15) is 39.2 Å². The third kappa shape index (κ3) is 3.79. The molecular formula is C19H27N3O4S2. The maximum atomic E-state index is 12.6. The van der Waals surface area contributed by atoms with Gasteiger partial charge in [0, 0.05) is 31.8 Å². The second-order valence-corrected chi connectivity index (χ2v) is 11.2. The molecule has 2 fully saturated rings. The summed E-state index contributed by atoms with van der Waals surface area (Å²) in [6.45, 7) is 5.94. The van der Waals surface area contributed by atoms with E-state index in [4.69, 9.17) is 0 Å². The standard InChI is InChI=1S/C19H27N3O4S2/c1-13(2)21(4)28(25,26)15-7-5-14(6-8-15)11-20-18(24)16-12-27-19(3)10-9-17(23)22(16)19/h5-8,13,16H,9-12H2,1-4H3,(H,20,24). The average Bonchev–Trinajstić information content (AvgIpc) is 3.15. The SMILES string of the molecule is CC(C)N(C)S(=O)(=O)c1ccc(CNC(=O)C2CSC3(C)CCC(=O)N23)cc1. The van der Waals surface area contributed by atoms with Crippen LogP contribution >= 0.6 is 11.8 Å². The van der Waals surface area contributed by atoms with E-state index < -0.39 is 16.1 Å².